The van der Waals surface area contributed by atoms with Crippen molar-refractivity contribution in [3.63, 3.8) is 0 Å². The van der Waals surface area contributed by atoms with Crippen LogP contribution in [0.5, 0.6) is 0 Å². The first kappa shape index (κ1) is 16.0. The van der Waals surface area contributed by atoms with Crippen molar-refractivity contribution in [1.82, 2.24) is 19.9 Å². The molecule has 1 amide bonds. The van der Waals surface area contributed by atoms with Gasteiger partial charge in [0.15, 0.2) is 10.8 Å². The number of aromatic nitrogens is 3. The Bertz CT molecular complexity index is 672. The van der Waals surface area contributed by atoms with E-state index in [1.807, 2.05) is 6.92 Å². The van der Waals surface area contributed by atoms with Crippen molar-refractivity contribution < 1.29 is 14.7 Å². The number of thiazole rings is 1. The monoisotopic (exact) mass is 320 g/mol. The second kappa shape index (κ2) is 7.08. The number of nitrogens with zero attached hydrogens (tertiary/aromatic N) is 4. The molecule has 2 rings (SSSR count). The molecule has 0 radical (unpaired) electrons. The molecule has 0 aromatic carbocycles. The minimum atomic E-state index is -0.925. The summed E-state index contributed by atoms with van der Waals surface area (Å²) in [5.74, 6) is -0.658. The minimum Gasteiger partial charge on any atom is -0.481 e. The van der Waals surface area contributed by atoms with Crippen molar-refractivity contribution in [2.75, 3.05) is 13.1 Å². The Morgan fingerprint density at radius 2 is 2.00 bits per heavy atom. The number of carboxylic acid groups (broad SMARTS) is 1. The van der Waals surface area contributed by atoms with E-state index in [2.05, 4.69) is 15.0 Å². The normalized spacial score (nSPS) is 10.5. The highest BCUT2D eigenvalue weighted by Gasteiger charge is 2.22. The van der Waals surface area contributed by atoms with Crippen LogP contribution in [0.25, 0.3) is 10.8 Å². The fourth-order valence-electron chi connectivity index (χ4n) is 1.88. The summed E-state index contributed by atoms with van der Waals surface area (Å²) in [5, 5.41) is 9.33. The van der Waals surface area contributed by atoms with Crippen LogP contribution >= 0.6 is 11.3 Å². The number of carboxylic acids is 1. The predicted octanol–water partition coefficient (Wildman–Crippen LogP) is 1.85. The van der Waals surface area contributed by atoms with Crippen LogP contribution in [-0.2, 0) is 4.79 Å². The molecule has 0 aliphatic rings. The van der Waals surface area contributed by atoms with Crippen LogP contribution in [0.1, 0.15) is 28.7 Å². The van der Waals surface area contributed by atoms with E-state index < -0.39 is 5.97 Å². The third-order valence-corrected chi connectivity index (χ3v) is 4.15. The van der Waals surface area contributed by atoms with Crippen LogP contribution in [-0.4, -0.2) is 49.9 Å². The number of aliphatic carboxylic acids is 1. The third-order valence-electron chi connectivity index (χ3n) is 3.01. The van der Waals surface area contributed by atoms with E-state index in [4.69, 9.17) is 5.11 Å². The summed E-state index contributed by atoms with van der Waals surface area (Å²) in [4.78, 5) is 37.8. The predicted molar refractivity (Wildman–Crippen MR) is 81.7 cm³/mol. The van der Waals surface area contributed by atoms with Gasteiger partial charge in [0.25, 0.3) is 5.91 Å². The topological polar surface area (TPSA) is 96.3 Å². The summed E-state index contributed by atoms with van der Waals surface area (Å²) in [5.41, 5.74) is 0.603. The summed E-state index contributed by atoms with van der Waals surface area (Å²) in [6.45, 7) is 4.19. The molecule has 1 N–H and O–H groups in total. The highest BCUT2D eigenvalue weighted by atomic mass is 32.1. The molecule has 2 aromatic heterocycles. The number of aryl methyl sites for hydroxylation is 1. The first-order valence-corrected chi connectivity index (χ1v) is 7.60. The SMILES string of the molecule is CCN(CCC(=O)O)C(=O)c1sc(-c2ncccn2)nc1C. The van der Waals surface area contributed by atoms with Crippen LogP contribution in [0.2, 0.25) is 0 Å². The molecular weight excluding hydrogens is 304 g/mol. The lowest BCUT2D eigenvalue weighted by Gasteiger charge is -2.19. The second-order valence-corrected chi connectivity index (χ2v) is 5.53. The Hall–Kier alpha value is -2.35. The largest absolute Gasteiger partial charge is 0.481 e. The molecule has 0 bridgehead atoms. The first-order valence-electron chi connectivity index (χ1n) is 6.78. The average Bonchev–Trinajstić information content (AvgIpc) is 2.90. The maximum absolute atomic E-state index is 12.5. The zero-order valence-electron chi connectivity index (χ0n) is 12.3. The van der Waals surface area contributed by atoms with Crippen molar-refractivity contribution in [3.05, 3.63) is 29.0 Å². The van der Waals surface area contributed by atoms with E-state index in [-0.39, 0.29) is 18.9 Å². The zero-order chi connectivity index (χ0) is 16.1. The molecule has 0 fully saturated rings. The maximum Gasteiger partial charge on any atom is 0.305 e. The molecule has 0 aliphatic heterocycles. The average molecular weight is 320 g/mol. The summed E-state index contributed by atoms with van der Waals surface area (Å²) in [6.07, 6.45) is 3.16. The molecule has 116 valence electrons. The van der Waals surface area contributed by atoms with E-state index in [1.165, 1.54) is 16.2 Å². The lowest BCUT2D eigenvalue weighted by Crippen LogP contribution is -2.32. The van der Waals surface area contributed by atoms with E-state index in [0.29, 0.717) is 27.9 Å². The van der Waals surface area contributed by atoms with Gasteiger partial charge in [0.2, 0.25) is 0 Å². The Labute approximate surface area is 131 Å². The summed E-state index contributed by atoms with van der Waals surface area (Å²) in [7, 11) is 0. The van der Waals surface area contributed by atoms with Crippen molar-refractivity contribution in [2.45, 2.75) is 20.3 Å². The number of hydrogen-bond acceptors (Lipinski definition) is 6. The van der Waals surface area contributed by atoms with Gasteiger partial charge in [0, 0.05) is 25.5 Å². The first-order chi connectivity index (χ1) is 10.5. The molecule has 0 saturated heterocycles. The minimum absolute atomic E-state index is 0.0773. The van der Waals surface area contributed by atoms with Gasteiger partial charge in [-0.3, -0.25) is 9.59 Å². The van der Waals surface area contributed by atoms with Gasteiger partial charge >= 0.3 is 5.97 Å². The number of carbonyl (C=O) groups is 2. The molecule has 8 heteroatoms. The van der Waals surface area contributed by atoms with Gasteiger partial charge in [-0.2, -0.15) is 0 Å². The highest BCUT2D eigenvalue weighted by Crippen LogP contribution is 2.26. The Morgan fingerprint density at radius 1 is 1.32 bits per heavy atom. The lowest BCUT2D eigenvalue weighted by atomic mass is 10.3. The molecule has 22 heavy (non-hydrogen) atoms. The number of carbonyl (C=O) groups excluding carboxylic acids is 1. The van der Waals surface area contributed by atoms with Gasteiger partial charge in [-0.1, -0.05) is 0 Å². The van der Waals surface area contributed by atoms with Crippen molar-refractivity contribution >= 4 is 23.2 Å². The van der Waals surface area contributed by atoms with E-state index >= 15 is 0 Å². The second-order valence-electron chi connectivity index (χ2n) is 4.53. The van der Waals surface area contributed by atoms with Gasteiger partial charge in [-0.15, -0.1) is 11.3 Å². The summed E-state index contributed by atoms with van der Waals surface area (Å²) in [6, 6.07) is 1.71. The van der Waals surface area contributed by atoms with E-state index in [1.54, 1.807) is 25.4 Å². The fraction of sp³-hybridized carbons (Fsp3) is 0.357. The smallest absolute Gasteiger partial charge is 0.305 e. The Balaban J connectivity index is 2.22. The van der Waals surface area contributed by atoms with Gasteiger partial charge in [-0.25, -0.2) is 15.0 Å². The number of hydrogen-bond donors (Lipinski definition) is 1. The number of rotatable bonds is 6. The van der Waals surface area contributed by atoms with Crippen molar-refractivity contribution in [3.8, 4) is 10.8 Å². The summed E-state index contributed by atoms with van der Waals surface area (Å²) >= 11 is 1.22. The number of amides is 1. The highest BCUT2D eigenvalue weighted by molar-refractivity contribution is 7.17. The summed E-state index contributed by atoms with van der Waals surface area (Å²) < 4.78 is 0. The molecule has 0 unspecified atom stereocenters. The van der Waals surface area contributed by atoms with Gasteiger partial charge in [0.1, 0.15) is 4.88 Å². The standard InChI is InChI=1S/C14H16N4O3S/c1-3-18(8-5-10(19)20)14(21)11-9(2)17-13(22-11)12-15-6-4-7-16-12/h4,6-7H,3,5,8H2,1-2H3,(H,19,20). The Morgan fingerprint density at radius 3 is 2.59 bits per heavy atom. The van der Waals surface area contributed by atoms with Crippen LogP contribution in [0.15, 0.2) is 18.5 Å². The van der Waals surface area contributed by atoms with Gasteiger partial charge in [0.05, 0.1) is 12.1 Å². The van der Waals surface area contributed by atoms with E-state index in [0.717, 1.165) is 0 Å². The maximum atomic E-state index is 12.5. The molecule has 2 aromatic rings. The molecular formula is C14H16N4O3S. The molecule has 2 heterocycles. The molecule has 0 spiro atoms. The third kappa shape index (κ3) is 3.64. The van der Waals surface area contributed by atoms with Crippen LogP contribution in [0, 0.1) is 6.92 Å². The van der Waals surface area contributed by atoms with Crippen molar-refractivity contribution in [1.29, 1.82) is 0 Å². The van der Waals surface area contributed by atoms with Crippen molar-refractivity contribution in [2.24, 2.45) is 0 Å². The van der Waals surface area contributed by atoms with Crippen LogP contribution in [0.4, 0.5) is 0 Å². The molecule has 0 saturated carbocycles. The van der Waals surface area contributed by atoms with Gasteiger partial charge < -0.3 is 10.0 Å². The lowest BCUT2D eigenvalue weighted by molar-refractivity contribution is -0.137. The Kier molecular flexibility index (Phi) is 5.16. The molecule has 0 aliphatic carbocycles. The quantitative estimate of drug-likeness (QED) is 0.872. The zero-order valence-corrected chi connectivity index (χ0v) is 13.1. The molecule has 0 atom stereocenters. The fourth-order valence-corrected chi connectivity index (χ4v) is 2.86. The van der Waals surface area contributed by atoms with Crippen LogP contribution < -0.4 is 0 Å². The van der Waals surface area contributed by atoms with Crippen LogP contribution in [0.3, 0.4) is 0 Å². The molecule has 7 nitrogen and oxygen atoms in total. The van der Waals surface area contributed by atoms with E-state index in [9.17, 15) is 9.59 Å². The van der Waals surface area contributed by atoms with Gasteiger partial charge in [-0.05, 0) is 19.9 Å².